The van der Waals surface area contributed by atoms with Crippen LogP contribution in [0.25, 0.3) is 0 Å². The SMILES string of the molecule is O=C(OCC(=O)N1CCc2ccccc21)C1CC(c2ccccc2)NN1. The summed E-state index contributed by atoms with van der Waals surface area (Å²) in [6.07, 6.45) is 1.42. The minimum absolute atomic E-state index is 0.0508. The minimum atomic E-state index is -0.459. The minimum Gasteiger partial charge on any atom is -0.454 e. The van der Waals surface area contributed by atoms with Crippen molar-refractivity contribution in [2.45, 2.75) is 24.9 Å². The van der Waals surface area contributed by atoms with Crippen LogP contribution in [-0.4, -0.2) is 31.1 Å². The molecule has 1 saturated heterocycles. The van der Waals surface area contributed by atoms with E-state index in [0.29, 0.717) is 13.0 Å². The summed E-state index contributed by atoms with van der Waals surface area (Å²) in [5.41, 5.74) is 9.26. The third-order valence-electron chi connectivity index (χ3n) is 4.92. The van der Waals surface area contributed by atoms with E-state index in [2.05, 4.69) is 10.9 Å². The Morgan fingerprint density at radius 3 is 2.65 bits per heavy atom. The first-order valence-electron chi connectivity index (χ1n) is 8.83. The van der Waals surface area contributed by atoms with Crippen LogP contribution >= 0.6 is 0 Å². The van der Waals surface area contributed by atoms with Crippen LogP contribution in [0.1, 0.15) is 23.6 Å². The number of hydrogen-bond donors (Lipinski definition) is 2. The van der Waals surface area contributed by atoms with Gasteiger partial charge in [-0.2, -0.15) is 0 Å². The Balaban J connectivity index is 1.30. The Labute approximate surface area is 152 Å². The van der Waals surface area contributed by atoms with Gasteiger partial charge in [0.1, 0.15) is 6.04 Å². The lowest BCUT2D eigenvalue weighted by Gasteiger charge is -2.18. The van der Waals surface area contributed by atoms with E-state index >= 15 is 0 Å². The summed E-state index contributed by atoms with van der Waals surface area (Å²) in [7, 11) is 0. The van der Waals surface area contributed by atoms with Gasteiger partial charge in [0, 0.05) is 18.3 Å². The molecule has 0 aromatic heterocycles. The van der Waals surface area contributed by atoms with E-state index < -0.39 is 12.0 Å². The van der Waals surface area contributed by atoms with E-state index in [9.17, 15) is 9.59 Å². The summed E-state index contributed by atoms with van der Waals surface area (Å²) in [6, 6.07) is 17.3. The van der Waals surface area contributed by atoms with Crippen LogP contribution in [0.4, 0.5) is 5.69 Å². The van der Waals surface area contributed by atoms with Gasteiger partial charge < -0.3 is 9.64 Å². The van der Waals surface area contributed by atoms with Crippen LogP contribution in [0.2, 0.25) is 0 Å². The highest BCUT2D eigenvalue weighted by Crippen LogP contribution is 2.27. The molecule has 2 N–H and O–H groups in total. The first-order chi connectivity index (χ1) is 12.7. The van der Waals surface area contributed by atoms with Crippen LogP contribution in [0.15, 0.2) is 54.6 Å². The summed E-state index contributed by atoms with van der Waals surface area (Å²) in [5.74, 6) is -0.592. The van der Waals surface area contributed by atoms with E-state index in [4.69, 9.17) is 4.74 Å². The monoisotopic (exact) mass is 351 g/mol. The summed E-state index contributed by atoms with van der Waals surface area (Å²) in [4.78, 5) is 26.4. The summed E-state index contributed by atoms with van der Waals surface area (Å²) in [5, 5.41) is 0. The lowest BCUT2D eigenvalue weighted by Crippen LogP contribution is -2.40. The highest BCUT2D eigenvalue weighted by Gasteiger charge is 2.32. The van der Waals surface area contributed by atoms with Crippen molar-refractivity contribution in [3.05, 3.63) is 65.7 Å². The molecule has 6 nitrogen and oxygen atoms in total. The van der Waals surface area contributed by atoms with Crippen LogP contribution < -0.4 is 15.8 Å². The first kappa shape index (κ1) is 16.8. The largest absolute Gasteiger partial charge is 0.454 e. The van der Waals surface area contributed by atoms with Crippen LogP contribution in [0, 0.1) is 0 Å². The Morgan fingerprint density at radius 2 is 1.81 bits per heavy atom. The second-order valence-electron chi connectivity index (χ2n) is 6.57. The number of nitrogens with zero attached hydrogens (tertiary/aromatic N) is 1. The van der Waals surface area contributed by atoms with E-state index in [1.807, 2.05) is 54.6 Å². The smallest absolute Gasteiger partial charge is 0.325 e. The average molecular weight is 351 g/mol. The number of ether oxygens (including phenoxy) is 1. The number of amides is 1. The molecule has 2 atom stereocenters. The van der Waals surface area contributed by atoms with Crippen LogP contribution in [0.3, 0.4) is 0 Å². The van der Waals surface area contributed by atoms with E-state index in [1.54, 1.807) is 4.90 Å². The van der Waals surface area contributed by atoms with Crippen molar-refractivity contribution in [3.8, 4) is 0 Å². The van der Waals surface area contributed by atoms with Crippen molar-refractivity contribution in [3.63, 3.8) is 0 Å². The molecule has 134 valence electrons. The number of carbonyl (C=O) groups excluding carboxylic acids is 2. The fraction of sp³-hybridized carbons (Fsp3) is 0.300. The molecule has 0 spiro atoms. The van der Waals surface area contributed by atoms with Gasteiger partial charge in [-0.25, -0.2) is 10.9 Å². The van der Waals surface area contributed by atoms with Gasteiger partial charge in [0.25, 0.3) is 5.91 Å². The highest BCUT2D eigenvalue weighted by molar-refractivity contribution is 5.97. The zero-order valence-corrected chi connectivity index (χ0v) is 14.4. The second-order valence-corrected chi connectivity index (χ2v) is 6.57. The maximum Gasteiger partial charge on any atom is 0.325 e. The molecule has 0 radical (unpaired) electrons. The lowest BCUT2D eigenvalue weighted by atomic mass is 10.0. The van der Waals surface area contributed by atoms with Crippen molar-refractivity contribution in [2.75, 3.05) is 18.1 Å². The Bertz CT molecular complexity index is 809. The fourth-order valence-electron chi connectivity index (χ4n) is 3.52. The van der Waals surface area contributed by atoms with Gasteiger partial charge in [0.2, 0.25) is 0 Å². The standard InChI is InChI=1S/C20H21N3O3/c24-19(23-11-10-15-8-4-5-9-18(15)23)13-26-20(25)17-12-16(21-22-17)14-6-2-1-3-7-14/h1-9,16-17,21-22H,10-13H2. The predicted octanol–water partition coefficient (Wildman–Crippen LogP) is 1.73. The van der Waals surface area contributed by atoms with Crippen molar-refractivity contribution in [1.82, 2.24) is 10.9 Å². The maximum atomic E-state index is 12.4. The number of benzene rings is 2. The first-order valence-corrected chi connectivity index (χ1v) is 8.83. The molecule has 2 aliphatic heterocycles. The molecule has 0 aliphatic carbocycles. The van der Waals surface area contributed by atoms with Gasteiger partial charge in [0.15, 0.2) is 6.61 Å². The number of para-hydroxylation sites is 1. The van der Waals surface area contributed by atoms with Crippen molar-refractivity contribution in [1.29, 1.82) is 0 Å². The fourth-order valence-corrected chi connectivity index (χ4v) is 3.52. The number of nitrogens with one attached hydrogen (secondary N) is 2. The summed E-state index contributed by atoms with van der Waals surface area (Å²) in [6.45, 7) is 0.399. The topological polar surface area (TPSA) is 70.7 Å². The third kappa shape index (κ3) is 3.34. The Morgan fingerprint density at radius 1 is 1.04 bits per heavy atom. The van der Waals surface area contributed by atoms with Gasteiger partial charge in [-0.1, -0.05) is 48.5 Å². The molecule has 26 heavy (non-hydrogen) atoms. The molecule has 6 heteroatoms. The molecule has 2 aromatic rings. The molecule has 2 unspecified atom stereocenters. The number of carbonyl (C=O) groups is 2. The quantitative estimate of drug-likeness (QED) is 0.821. The van der Waals surface area contributed by atoms with Crippen molar-refractivity contribution < 1.29 is 14.3 Å². The van der Waals surface area contributed by atoms with Gasteiger partial charge in [-0.3, -0.25) is 9.59 Å². The third-order valence-corrected chi connectivity index (χ3v) is 4.92. The number of fused-ring (bicyclic) bond motifs is 1. The molecule has 2 aromatic carbocycles. The lowest BCUT2D eigenvalue weighted by molar-refractivity contribution is -0.149. The van der Waals surface area contributed by atoms with E-state index in [1.165, 1.54) is 0 Å². The second kappa shape index (κ2) is 7.27. The zero-order valence-electron chi connectivity index (χ0n) is 14.4. The summed E-state index contributed by atoms with van der Waals surface area (Å²) < 4.78 is 5.27. The number of hydrazine groups is 1. The van der Waals surface area contributed by atoms with Gasteiger partial charge in [-0.15, -0.1) is 0 Å². The van der Waals surface area contributed by atoms with Gasteiger partial charge in [-0.05, 0) is 30.0 Å². The number of hydrogen-bond acceptors (Lipinski definition) is 5. The van der Waals surface area contributed by atoms with E-state index in [0.717, 1.165) is 23.2 Å². The van der Waals surface area contributed by atoms with Gasteiger partial charge >= 0.3 is 5.97 Å². The predicted molar refractivity (Wildman–Crippen MR) is 97.3 cm³/mol. The number of anilines is 1. The number of esters is 1. The van der Waals surface area contributed by atoms with Gasteiger partial charge in [0.05, 0.1) is 0 Å². The molecule has 2 heterocycles. The zero-order chi connectivity index (χ0) is 17.9. The van der Waals surface area contributed by atoms with E-state index in [-0.39, 0.29) is 18.6 Å². The maximum absolute atomic E-state index is 12.4. The molecule has 2 aliphatic rings. The Kier molecular flexibility index (Phi) is 4.69. The molecule has 4 rings (SSSR count). The summed E-state index contributed by atoms with van der Waals surface area (Å²) >= 11 is 0. The molecule has 0 bridgehead atoms. The highest BCUT2D eigenvalue weighted by atomic mass is 16.5. The van der Waals surface area contributed by atoms with Crippen molar-refractivity contribution in [2.24, 2.45) is 0 Å². The average Bonchev–Trinajstić information content (AvgIpc) is 3.34. The molecule has 1 amide bonds. The molecule has 1 fully saturated rings. The molecule has 0 saturated carbocycles. The molecular weight excluding hydrogens is 330 g/mol. The normalized spacial score (nSPS) is 21.5. The van der Waals surface area contributed by atoms with Crippen LogP contribution in [-0.2, 0) is 20.7 Å². The number of rotatable bonds is 4. The Hall–Kier alpha value is -2.70. The van der Waals surface area contributed by atoms with Crippen LogP contribution in [0.5, 0.6) is 0 Å². The molecular formula is C20H21N3O3. The van der Waals surface area contributed by atoms with Crippen molar-refractivity contribution >= 4 is 17.6 Å².